The number of ether oxygens (including phenoxy) is 2. The summed E-state index contributed by atoms with van der Waals surface area (Å²) >= 11 is 0. The van der Waals surface area contributed by atoms with E-state index in [0.29, 0.717) is 0 Å². The molecule has 0 saturated carbocycles. The second-order valence-corrected chi connectivity index (χ2v) is 12.8. The Morgan fingerprint density at radius 1 is 0.851 bits per heavy atom. The molecule has 2 fully saturated rings. The van der Waals surface area contributed by atoms with E-state index >= 15 is 8.78 Å². The number of aliphatic hydroxyl groups excluding tert-OH is 1. The van der Waals surface area contributed by atoms with Gasteiger partial charge in [-0.3, -0.25) is 42.3 Å². The molecule has 0 radical (unpaired) electrons. The molecule has 6 rings (SSSR count). The van der Waals surface area contributed by atoms with E-state index in [2.05, 4.69) is 34.4 Å². The third-order valence-corrected chi connectivity index (χ3v) is 8.54. The van der Waals surface area contributed by atoms with Crippen LogP contribution < -0.4 is 22.6 Å². The highest BCUT2D eigenvalue weighted by molar-refractivity contribution is 7.47. The van der Waals surface area contributed by atoms with Gasteiger partial charge in [0.15, 0.2) is 47.1 Å². The first-order chi connectivity index (χ1) is 22.0. The molecule has 4 aromatic heterocycles. The Labute approximate surface area is 257 Å². The zero-order chi connectivity index (χ0) is 34.0. The first kappa shape index (κ1) is 33.2. The zero-order valence-electron chi connectivity index (χ0n) is 23.1. The first-order valence-corrected chi connectivity index (χ1v) is 16.1. The van der Waals surface area contributed by atoms with E-state index < -0.39 is 89.2 Å². The molecule has 10 N–H and O–H groups in total. The van der Waals surface area contributed by atoms with Gasteiger partial charge in [-0.25, -0.2) is 27.9 Å². The maximum absolute atomic E-state index is 15.8. The van der Waals surface area contributed by atoms with Gasteiger partial charge >= 0.3 is 15.6 Å². The highest BCUT2D eigenvalue weighted by atomic mass is 31.2. The highest BCUT2D eigenvalue weighted by Gasteiger charge is 2.52. The van der Waals surface area contributed by atoms with Gasteiger partial charge in [0, 0.05) is 0 Å². The number of hydrogen-bond acceptors (Lipinski definition) is 16. The number of aliphatic hydroxyl groups is 1. The predicted molar refractivity (Wildman–Crippen MR) is 147 cm³/mol. The number of anilines is 2. The van der Waals surface area contributed by atoms with Crippen LogP contribution in [0.3, 0.4) is 0 Å². The average molecular weight is 712 g/mol. The number of nitrogens with two attached hydrogens (primary N) is 2. The van der Waals surface area contributed by atoms with Gasteiger partial charge in [0.1, 0.15) is 24.4 Å². The van der Waals surface area contributed by atoms with Gasteiger partial charge in [0.25, 0.3) is 11.1 Å². The quantitative estimate of drug-likeness (QED) is 0.0813. The topological polar surface area (TPSA) is 340 Å². The number of H-pyrrole nitrogens is 2. The molecule has 2 aliphatic heterocycles. The molecule has 9 atom stereocenters. The number of fused-ring (bicyclic) bond motifs is 2. The number of aromatic nitrogens is 8. The minimum absolute atomic E-state index is 0.190. The summed E-state index contributed by atoms with van der Waals surface area (Å²) in [4.78, 5) is 72.7. The SMILES string of the molecule is Nc1nc2c(ncn2[C@@H]2O[C@H](COP(=O)(O)O[C@H]3[C@@H](F)[C@H](n4cnc5c(=O)[nH]c(N)nc54)O[C@@H]3COP(=O)(O)O)[C@@H](O)[C@H]2F)c(=O)[nH]1. The lowest BCUT2D eigenvalue weighted by Gasteiger charge is -2.23. The zero-order valence-corrected chi connectivity index (χ0v) is 24.9. The fourth-order valence-electron chi connectivity index (χ4n) is 5.02. The number of halogens is 2. The molecule has 2 saturated heterocycles. The smallest absolute Gasteiger partial charge is 0.387 e. The molecule has 47 heavy (non-hydrogen) atoms. The Bertz CT molecular complexity index is 2040. The summed E-state index contributed by atoms with van der Waals surface area (Å²) in [7, 11) is -10.5. The summed E-state index contributed by atoms with van der Waals surface area (Å²) in [5, 5.41) is 10.4. The van der Waals surface area contributed by atoms with Gasteiger partial charge in [0.2, 0.25) is 11.9 Å². The third kappa shape index (κ3) is 6.42. The van der Waals surface area contributed by atoms with Crippen molar-refractivity contribution in [2.24, 2.45) is 0 Å². The van der Waals surface area contributed by atoms with Gasteiger partial charge in [-0.15, -0.1) is 0 Å². The van der Waals surface area contributed by atoms with Crippen LogP contribution in [0.15, 0.2) is 22.2 Å². The Kier molecular flexibility index (Phi) is 8.51. The number of nitrogens with zero attached hydrogens (tertiary/aromatic N) is 6. The maximum Gasteiger partial charge on any atom is 0.472 e. The predicted octanol–water partition coefficient (Wildman–Crippen LogP) is -2.14. The van der Waals surface area contributed by atoms with Crippen molar-refractivity contribution in [3.05, 3.63) is 33.4 Å². The van der Waals surface area contributed by atoms with Gasteiger partial charge in [-0.05, 0) is 0 Å². The Morgan fingerprint density at radius 2 is 1.34 bits per heavy atom. The first-order valence-electron chi connectivity index (χ1n) is 13.1. The largest absolute Gasteiger partial charge is 0.472 e. The summed E-state index contributed by atoms with van der Waals surface area (Å²) in [6, 6.07) is 0. The molecule has 0 spiro atoms. The number of rotatable bonds is 10. The number of aromatic amines is 2. The van der Waals surface area contributed by atoms with Crippen molar-refractivity contribution < 1.29 is 60.7 Å². The molecule has 0 aliphatic carbocycles. The van der Waals surface area contributed by atoms with Gasteiger partial charge in [-0.1, -0.05) is 0 Å². The fraction of sp³-hybridized carbons (Fsp3) is 0.500. The van der Waals surface area contributed by atoms with E-state index in [1.54, 1.807) is 0 Å². The number of nitrogen functional groups attached to an aromatic ring is 2. The van der Waals surface area contributed by atoms with Crippen LogP contribution in [0.1, 0.15) is 12.5 Å². The van der Waals surface area contributed by atoms with Crippen LogP contribution in [-0.4, -0.2) is 109 Å². The minimum Gasteiger partial charge on any atom is -0.387 e. The molecule has 2 aliphatic rings. The monoisotopic (exact) mass is 712 g/mol. The Morgan fingerprint density at radius 3 is 1.87 bits per heavy atom. The Balaban J connectivity index is 1.19. The number of hydrogen-bond donors (Lipinski definition) is 8. The number of alkyl halides is 2. The van der Waals surface area contributed by atoms with E-state index in [9.17, 15) is 28.7 Å². The maximum atomic E-state index is 15.8. The fourth-order valence-corrected chi connectivity index (χ4v) is 6.32. The van der Waals surface area contributed by atoms with E-state index in [-0.39, 0.29) is 34.2 Å². The summed E-state index contributed by atoms with van der Waals surface area (Å²) in [6.07, 6.45) is -13.6. The summed E-state index contributed by atoms with van der Waals surface area (Å²) < 4.78 is 82.3. The second kappa shape index (κ2) is 12.1. The third-order valence-electron chi connectivity index (χ3n) is 7.07. The molecular weight excluding hydrogens is 688 g/mol. The van der Waals surface area contributed by atoms with E-state index in [1.165, 1.54) is 0 Å². The molecule has 27 heteroatoms. The molecule has 1 unspecified atom stereocenters. The van der Waals surface area contributed by atoms with Crippen LogP contribution >= 0.6 is 15.6 Å². The number of phosphoric ester groups is 2. The van der Waals surface area contributed by atoms with Crippen LogP contribution in [0.4, 0.5) is 20.7 Å². The van der Waals surface area contributed by atoms with Gasteiger partial charge < -0.3 is 40.7 Å². The van der Waals surface area contributed by atoms with Crippen LogP contribution in [0.25, 0.3) is 22.3 Å². The van der Waals surface area contributed by atoms with E-state index in [4.69, 9.17) is 39.8 Å². The summed E-state index contributed by atoms with van der Waals surface area (Å²) in [6.45, 7) is -2.07. The van der Waals surface area contributed by atoms with Gasteiger partial charge in [-0.2, -0.15) is 9.97 Å². The number of imidazole rings is 2. The summed E-state index contributed by atoms with van der Waals surface area (Å²) in [5.41, 5.74) is 8.62. The molecule has 0 aromatic carbocycles. The normalized spacial score (nSPS) is 29.6. The van der Waals surface area contributed by atoms with Crippen molar-refractivity contribution in [1.82, 2.24) is 39.0 Å². The minimum atomic E-state index is -5.37. The lowest BCUT2D eigenvalue weighted by molar-refractivity contribution is -0.0559. The molecule has 256 valence electrons. The number of nitrogens with one attached hydrogen (secondary N) is 2. The van der Waals surface area contributed by atoms with Crippen LogP contribution in [0.5, 0.6) is 0 Å². The van der Waals surface area contributed by atoms with Crippen LogP contribution in [0, 0.1) is 0 Å². The lowest BCUT2D eigenvalue weighted by atomic mass is 10.1. The van der Waals surface area contributed by atoms with E-state index in [0.717, 1.165) is 21.8 Å². The molecular formula is C20H24F2N10O13P2. The van der Waals surface area contributed by atoms with Crippen molar-refractivity contribution in [1.29, 1.82) is 0 Å². The molecule has 6 heterocycles. The second-order valence-electron chi connectivity index (χ2n) is 10.2. The standard InChI is InChI=1S/C20H24F2N10O13P2/c21-7-11(33)5(43-17(7)31-3-25-9-13(31)27-19(23)29-15(9)34)1-42-47(39,40)45-12-6(2-41-46(36,37)38)44-18(8(12)22)32-4-26-10-14(32)28-20(24)30-16(10)35/h3-8,11-12,17-18,33H,1-2H2,(H,39,40)(H2,36,37,38)(H3,23,27,29,34)(H3,24,28,30,35)/t5-,6-,7-,8-,11-,12-,17-,18-/m1/s1. The van der Waals surface area contributed by atoms with Crippen LogP contribution in [0.2, 0.25) is 0 Å². The van der Waals surface area contributed by atoms with E-state index in [1.807, 2.05) is 0 Å². The van der Waals surface area contributed by atoms with Gasteiger partial charge in [0.05, 0.1) is 25.9 Å². The van der Waals surface area contributed by atoms with Crippen LogP contribution in [-0.2, 0) is 32.2 Å². The molecule has 4 aromatic rings. The summed E-state index contributed by atoms with van der Waals surface area (Å²) in [5.74, 6) is -0.690. The average Bonchev–Trinajstić information content (AvgIpc) is 3.72. The van der Waals surface area contributed by atoms with Crippen molar-refractivity contribution in [2.75, 3.05) is 24.7 Å². The molecule has 0 bridgehead atoms. The highest BCUT2D eigenvalue weighted by Crippen LogP contribution is 2.50. The van der Waals surface area contributed by atoms with Crippen molar-refractivity contribution >= 4 is 49.9 Å². The number of phosphoric acid groups is 2. The van der Waals surface area contributed by atoms with Crippen molar-refractivity contribution in [2.45, 2.75) is 49.2 Å². The molecule has 23 nitrogen and oxygen atoms in total. The Hall–Kier alpha value is -3.74. The van der Waals surface area contributed by atoms with Crippen molar-refractivity contribution in [3.8, 4) is 0 Å². The lowest BCUT2D eigenvalue weighted by Crippen LogP contribution is -2.35. The molecule has 0 amide bonds. The van der Waals surface area contributed by atoms with Crippen molar-refractivity contribution in [3.63, 3.8) is 0 Å².